The Balaban J connectivity index is 1.65. The molecule has 0 atom stereocenters. The first-order valence-corrected chi connectivity index (χ1v) is 10.0. The molecule has 0 fully saturated rings. The first-order chi connectivity index (χ1) is 15.1. The van der Waals surface area contributed by atoms with Crippen molar-refractivity contribution in [2.24, 2.45) is 0 Å². The minimum Gasteiger partial charge on any atom is -0.497 e. The van der Waals surface area contributed by atoms with E-state index in [2.05, 4.69) is 8.75 Å². The molecule has 3 aromatic carbocycles. The van der Waals surface area contributed by atoms with Gasteiger partial charge in [-0.25, -0.2) is 0 Å². The van der Waals surface area contributed by atoms with E-state index in [1.807, 2.05) is 48.5 Å². The number of non-ortho nitro benzene ring substituents is 1. The van der Waals surface area contributed by atoms with Crippen molar-refractivity contribution < 1.29 is 19.1 Å². The van der Waals surface area contributed by atoms with Crippen LogP contribution in [0, 0.1) is 10.1 Å². The molecule has 5 rings (SSSR count). The van der Waals surface area contributed by atoms with E-state index < -0.39 is 10.7 Å². The Bertz CT molecular complexity index is 1230. The maximum absolute atomic E-state index is 11.0. The predicted octanol–water partition coefficient (Wildman–Crippen LogP) is 4.79. The van der Waals surface area contributed by atoms with Crippen LogP contribution in [-0.2, 0) is 5.79 Å². The van der Waals surface area contributed by atoms with Crippen molar-refractivity contribution in [1.82, 2.24) is 8.75 Å². The zero-order valence-corrected chi connectivity index (χ0v) is 17.0. The number of aromatic nitrogens is 2. The molecular weight excluding hydrogens is 418 g/mol. The third-order valence-corrected chi connectivity index (χ3v) is 5.51. The van der Waals surface area contributed by atoms with Crippen molar-refractivity contribution in [2.45, 2.75) is 5.79 Å². The molecule has 31 heavy (non-hydrogen) atoms. The smallest absolute Gasteiger partial charge is 0.326 e. The molecule has 1 aliphatic heterocycles. The number of nitro benzene ring substituents is 1. The second-order valence-electron chi connectivity index (χ2n) is 6.76. The molecule has 8 nitrogen and oxygen atoms in total. The van der Waals surface area contributed by atoms with Gasteiger partial charge in [-0.2, -0.15) is 8.75 Å². The van der Waals surface area contributed by atoms with Crippen molar-refractivity contribution in [3.05, 3.63) is 94.2 Å². The SMILES string of the molecule is COc1ccc(C2(c3nsnc3-c3ccc([N+](=O)[O-])cc3)Oc3ccccc3O2)cc1. The topological polar surface area (TPSA) is 96.6 Å². The highest BCUT2D eigenvalue weighted by Crippen LogP contribution is 2.49. The molecule has 0 radical (unpaired) electrons. The second-order valence-corrected chi connectivity index (χ2v) is 7.29. The molecule has 0 spiro atoms. The van der Waals surface area contributed by atoms with Crippen LogP contribution in [0.5, 0.6) is 17.2 Å². The number of fused-ring (bicyclic) bond motifs is 1. The van der Waals surface area contributed by atoms with E-state index in [-0.39, 0.29) is 5.69 Å². The number of hydrogen-bond acceptors (Lipinski definition) is 8. The number of methoxy groups -OCH3 is 1. The van der Waals surface area contributed by atoms with Crippen molar-refractivity contribution in [3.63, 3.8) is 0 Å². The molecule has 0 saturated heterocycles. The Labute approximate surface area is 181 Å². The second kappa shape index (κ2) is 7.37. The normalized spacial score (nSPS) is 13.7. The number of nitro groups is 1. The van der Waals surface area contributed by atoms with Gasteiger partial charge in [0.2, 0.25) is 0 Å². The van der Waals surface area contributed by atoms with E-state index in [1.165, 1.54) is 12.1 Å². The van der Waals surface area contributed by atoms with Crippen LogP contribution in [0.15, 0.2) is 72.8 Å². The molecule has 0 unspecified atom stereocenters. The Morgan fingerprint density at radius 3 is 2.16 bits per heavy atom. The minimum atomic E-state index is -1.36. The van der Waals surface area contributed by atoms with Crippen molar-refractivity contribution >= 4 is 17.4 Å². The highest BCUT2D eigenvalue weighted by molar-refractivity contribution is 6.99. The Hall–Kier alpha value is -3.98. The van der Waals surface area contributed by atoms with E-state index in [0.29, 0.717) is 39.8 Å². The highest BCUT2D eigenvalue weighted by atomic mass is 32.1. The molecule has 2 heterocycles. The summed E-state index contributed by atoms with van der Waals surface area (Å²) in [6, 6.07) is 20.9. The summed E-state index contributed by atoms with van der Waals surface area (Å²) in [5, 5.41) is 11.0. The van der Waals surface area contributed by atoms with E-state index in [9.17, 15) is 10.1 Å². The zero-order valence-electron chi connectivity index (χ0n) is 16.2. The molecule has 4 aromatic rings. The van der Waals surface area contributed by atoms with Gasteiger partial charge in [0.25, 0.3) is 5.69 Å². The van der Waals surface area contributed by atoms with Crippen molar-refractivity contribution in [3.8, 4) is 28.5 Å². The van der Waals surface area contributed by atoms with Gasteiger partial charge >= 0.3 is 5.79 Å². The maximum atomic E-state index is 11.0. The Kier molecular flexibility index (Phi) is 4.52. The Morgan fingerprint density at radius 2 is 1.58 bits per heavy atom. The van der Waals surface area contributed by atoms with Gasteiger partial charge < -0.3 is 14.2 Å². The molecule has 0 amide bonds. The van der Waals surface area contributed by atoms with Gasteiger partial charge in [0.1, 0.15) is 11.4 Å². The van der Waals surface area contributed by atoms with Gasteiger partial charge in [-0.1, -0.05) is 12.1 Å². The summed E-state index contributed by atoms with van der Waals surface area (Å²) in [5.74, 6) is 0.503. The predicted molar refractivity (Wildman–Crippen MR) is 113 cm³/mol. The molecule has 0 N–H and O–H groups in total. The van der Waals surface area contributed by atoms with Gasteiger partial charge in [-0.15, -0.1) is 0 Å². The molecular formula is C22H15N3O5S. The lowest BCUT2D eigenvalue weighted by molar-refractivity contribution is -0.384. The third-order valence-electron chi connectivity index (χ3n) is 4.98. The van der Waals surface area contributed by atoms with Gasteiger partial charge in [0.05, 0.1) is 23.8 Å². The average Bonchev–Trinajstić information content (AvgIpc) is 3.45. The largest absolute Gasteiger partial charge is 0.497 e. The minimum absolute atomic E-state index is 0.000807. The molecule has 154 valence electrons. The number of ether oxygens (including phenoxy) is 3. The summed E-state index contributed by atoms with van der Waals surface area (Å²) >= 11 is 1.02. The number of nitrogens with zero attached hydrogens (tertiary/aromatic N) is 3. The van der Waals surface area contributed by atoms with Crippen LogP contribution in [0.3, 0.4) is 0 Å². The average molecular weight is 433 g/mol. The van der Waals surface area contributed by atoms with Crippen LogP contribution in [0.1, 0.15) is 11.3 Å². The molecule has 0 aliphatic carbocycles. The first-order valence-electron chi connectivity index (χ1n) is 9.30. The molecule has 0 saturated carbocycles. The fraction of sp³-hybridized carbons (Fsp3) is 0.0909. The van der Waals surface area contributed by atoms with Gasteiger partial charge in [0, 0.05) is 23.3 Å². The van der Waals surface area contributed by atoms with Crippen LogP contribution in [0.2, 0.25) is 0 Å². The van der Waals surface area contributed by atoms with Crippen LogP contribution in [0.4, 0.5) is 5.69 Å². The number of para-hydroxylation sites is 2. The Morgan fingerprint density at radius 1 is 0.935 bits per heavy atom. The summed E-state index contributed by atoms with van der Waals surface area (Å²) < 4.78 is 27.0. The summed E-state index contributed by atoms with van der Waals surface area (Å²) in [5.41, 5.74) is 2.38. The molecule has 0 bridgehead atoms. The summed E-state index contributed by atoms with van der Waals surface area (Å²) in [6.45, 7) is 0. The van der Waals surface area contributed by atoms with Gasteiger partial charge in [-0.05, 0) is 48.5 Å². The van der Waals surface area contributed by atoms with E-state index >= 15 is 0 Å². The van der Waals surface area contributed by atoms with Crippen molar-refractivity contribution in [1.29, 1.82) is 0 Å². The van der Waals surface area contributed by atoms with Gasteiger partial charge in [-0.3, -0.25) is 10.1 Å². The zero-order chi connectivity index (χ0) is 21.4. The fourth-order valence-corrected chi connectivity index (χ4v) is 4.05. The lowest BCUT2D eigenvalue weighted by atomic mass is 9.97. The standard InChI is InChI=1S/C22H15N3O5S/c1-28-17-12-8-15(9-13-17)22(29-18-4-2-3-5-19(18)30-22)21-20(23-31-24-21)14-6-10-16(11-7-14)25(26)27/h2-13H,1H3. The lowest BCUT2D eigenvalue weighted by Gasteiger charge is -2.27. The molecule has 1 aromatic heterocycles. The van der Waals surface area contributed by atoms with E-state index in [0.717, 1.165) is 11.7 Å². The van der Waals surface area contributed by atoms with Gasteiger partial charge in [0.15, 0.2) is 17.2 Å². The summed E-state index contributed by atoms with van der Waals surface area (Å²) in [6.07, 6.45) is 0. The number of hydrogen-bond donors (Lipinski definition) is 0. The van der Waals surface area contributed by atoms with Crippen LogP contribution >= 0.6 is 11.7 Å². The fourth-order valence-electron chi connectivity index (χ4n) is 3.45. The quantitative estimate of drug-likeness (QED) is 0.330. The molecule has 1 aliphatic rings. The van der Waals surface area contributed by atoms with Crippen LogP contribution in [0.25, 0.3) is 11.3 Å². The lowest BCUT2D eigenvalue weighted by Crippen LogP contribution is -2.37. The monoisotopic (exact) mass is 433 g/mol. The summed E-state index contributed by atoms with van der Waals surface area (Å²) in [4.78, 5) is 10.6. The maximum Gasteiger partial charge on any atom is 0.326 e. The van der Waals surface area contributed by atoms with Crippen LogP contribution < -0.4 is 14.2 Å². The first kappa shape index (κ1) is 19.0. The number of benzene rings is 3. The highest BCUT2D eigenvalue weighted by Gasteiger charge is 2.49. The van der Waals surface area contributed by atoms with Crippen LogP contribution in [-0.4, -0.2) is 20.8 Å². The third kappa shape index (κ3) is 3.15. The van der Waals surface area contributed by atoms with Crippen molar-refractivity contribution in [2.75, 3.05) is 7.11 Å². The molecule has 9 heteroatoms. The van der Waals surface area contributed by atoms with E-state index in [1.54, 1.807) is 19.2 Å². The van der Waals surface area contributed by atoms with E-state index in [4.69, 9.17) is 14.2 Å². The summed E-state index contributed by atoms with van der Waals surface area (Å²) in [7, 11) is 1.60. The number of rotatable bonds is 5.